The predicted molar refractivity (Wildman–Crippen MR) is 60.5 cm³/mol. The monoisotopic (exact) mass is 290 g/mol. The van der Waals surface area contributed by atoms with Gasteiger partial charge in [-0.1, -0.05) is 47.7 Å². The first-order valence-electron chi connectivity index (χ1n) is 4.13. The van der Waals surface area contributed by atoms with Gasteiger partial charge in [0.05, 0.1) is 5.56 Å². The van der Waals surface area contributed by atoms with Gasteiger partial charge in [-0.15, -0.1) is 0 Å². The smallest absolute Gasteiger partial charge is 0.336 e. The Kier molecular flexibility index (Phi) is 3.71. The van der Waals surface area contributed by atoms with Crippen LogP contribution in [-0.2, 0) is 0 Å². The van der Waals surface area contributed by atoms with Crippen LogP contribution in [0.4, 0.5) is 0 Å². The summed E-state index contributed by atoms with van der Waals surface area (Å²) in [6, 6.07) is 7.16. The van der Waals surface area contributed by atoms with E-state index in [2.05, 4.69) is 29.5 Å². The Labute approximate surface area is 91.1 Å². The van der Waals surface area contributed by atoms with Gasteiger partial charge in [0.15, 0.2) is 0 Å². The molecule has 0 aliphatic rings. The lowest BCUT2D eigenvalue weighted by Crippen LogP contribution is -2.02. The fourth-order valence-corrected chi connectivity index (χ4v) is 1.73. The molecule has 0 saturated heterocycles. The molecule has 0 heterocycles. The second kappa shape index (κ2) is 4.60. The Hall–Kier alpha value is -0.580. The van der Waals surface area contributed by atoms with Gasteiger partial charge in [0.2, 0.25) is 0 Å². The van der Waals surface area contributed by atoms with Crippen molar-refractivity contribution in [3.8, 4) is 0 Å². The molecule has 1 rings (SSSR count). The van der Waals surface area contributed by atoms with Gasteiger partial charge in [0.1, 0.15) is 0 Å². The first kappa shape index (κ1) is 10.5. The summed E-state index contributed by atoms with van der Waals surface area (Å²) in [5.74, 6) is -0.842. The molecule has 3 heteroatoms. The number of aromatic carboxylic acids is 1. The van der Waals surface area contributed by atoms with Crippen molar-refractivity contribution >= 4 is 28.6 Å². The lowest BCUT2D eigenvalue weighted by atomic mass is 10.0. The molecule has 0 aliphatic carbocycles. The predicted octanol–water partition coefficient (Wildman–Crippen LogP) is 3.27. The number of carbonyl (C=O) groups is 1. The van der Waals surface area contributed by atoms with Crippen LogP contribution in [0.1, 0.15) is 33.2 Å². The average molecular weight is 290 g/mol. The van der Waals surface area contributed by atoms with Gasteiger partial charge in [0, 0.05) is 3.92 Å². The number of hydrogen-bond acceptors (Lipinski definition) is 1. The molecule has 0 fully saturated rings. The molecule has 0 radical (unpaired) electrons. The van der Waals surface area contributed by atoms with Crippen LogP contribution in [0.2, 0.25) is 0 Å². The molecular formula is C10H11IO2. The summed E-state index contributed by atoms with van der Waals surface area (Å²) in [5, 5.41) is 8.91. The van der Waals surface area contributed by atoms with Gasteiger partial charge in [-0.3, -0.25) is 0 Å². The summed E-state index contributed by atoms with van der Waals surface area (Å²) < 4.78 is 0.282. The van der Waals surface area contributed by atoms with Crippen LogP contribution in [0.25, 0.3) is 0 Å². The van der Waals surface area contributed by atoms with E-state index in [0.29, 0.717) is 5.56 Å². The molecule has 70 valence electrons. The number of alkyl halides is 1. The van der Waals surface area contributed by atoms with Crippen LogP contribution in [0, 0.1) is 0 Å². The fourth-order valence-electron chi connectivity index (χ4n) is 1.18. The molecule has 0 aromatic heterocycles. The zero-order valence-electron chi connectivity index (χ0n) is 7.33. The van der Waals surface area contributed by atoms with E-state index in [-0.39, 0.29) is 3.92 Å². The van der Waals surface area contributed by atoms with Crippen molar-refractivity contribution < 1.29 is 9.90 Å². The van der Waals surface area contributed by atoms with Crippen LogP contribution in [0.15, 0.2) is 24.3 Å². The molecule has 0 bridgehead atoms. The second-order valence-corrected chi connectivity index (χ2v) is 4.27. The maximum Gasteiger partial charge on any atom is 0.336 e. The molecular weight excluding hydrogens is 279 g/mol. The Morgan fingerprint density at radius 2 is 2.15 bits per heavy atom. The van der Waals surface area contributed by atoms with Crippen molar-refractivity contribution in [3.63, 3.8) is 0 Å². The Morgan fingerprint density at radius 1 is 1.54 bits per heavy atom. The highest BCUT2D eigenvalue weighted by atomic mass is 127. The second-order valence-electron chi connectivity index (χ2n) is 2.77. The summed E-state index contributed by atoms with van der Waals surface area (Å²) in [5.41, 5.74) is 1.34. The van der Waals surface area contributed by atoms with Crippen molar-refractivity contribution in [2.45, 2.75) is 17.3 Å². The third-order valence-corrected chi connectivity index (χ3v) is 3.44. The van der Waals surface area contributed by atoms with Gasteiger partial charge in [0.25, 0.3) is 0 Å². The number of rotatable bonds is 3. The highest BCUT2D eigenvalue weighted by Gasteiger charge is 2.13. The minimum absolute atomic E-state index is 0.282. The summed E-state index contributed by atoms with van der Waals surface area (Å²) in [6.07, 6.45) is 0.949. The summed E-state index contributed by atoms with van der Waals surface area (Å²) in [6.45, 7) is 2.05. The first-order valence-corrected chi connectivity index (χ1v) is 5.37. The zero-order chi connectivity index (χ0) is 9.84. The van der Waals surface area contributed by atoms with E-state index in [4.69, 9.17) is 5.11 Å². The molecule has 1 aromatic rings. The van der Waals surface area contributed by atoms with E-state index in [9.17, 15) is 4.79 Å². The average Bonchev–Trinajstić information content (AvgIpc) is 2.16. The topological polar surface area (TPSA) is 37.3 Å². The number of hydrogen-bond donors (Lipinski definition) is 1. The molecule has 1 aromatic carbocycles. The van der Waals surface area contributed by atoms with Gasteiger partial charge in [-0.05, 0) is 18.1 Å². The van der Waals surface area contributed by atoms with E-state index >= 15 is 0 Å². The van der Waals surface area contributed by atoms with Crippen molar-refractivity contribution in [3.05, 3.63) is 35.4 Å². The molecule has 0 spiro atoms. The van der Waals surface area contributed by atoms with E-state index in [0.717, 1.165) is 12.0 Å². The minimum atomic E-state index is -0.842. The van der Waals surface area contributed by atoms with Crippen molar-refractivity contribution in [2.75, 3.05) is 0 Å². The summed E-state index contributed by atoms with van der Waals surface area (Å²) in [7, 11) is 0. The molecule has 0 saturated carbocycles. The number of halogens is 1. The maximum atomic E-state index is 10.8. The maximum absolute atomic E-state index is 10.8. The Morgan fingerprint density at radius 3 is 2.69 bits per heavy atom. The SMILES string of the molecule is CCC(I)c1ccccc1C(=O)O. The van der Waals surface area contributed by atoms with Gasteiger partial charge in [-0.2, -0.15) is 0 Å². The quantitative estimate of drug-likeness (QED) is 0.685. The van der Waals surface area contributed by atoms with Crippen molar-refractivity contribution in [1.29, 1.82) is 0 Å². The minimum Gasteiger partial charge on any atom is -0.478 e. The fraction of sp³-hybridized carbons (Fsp3) is 0.300. The van der Waals surface area contributed by atoms with Crippen LogP contribution in [-0.4, -0.2) is 11.1 Å². The molecule has 0 amide bonds. The van der Waals surface area contributed by atoms with Gasteiger partial charge >= 0.3 is 5.97 Å². The molecule has 2 nitrogen and oxygen atoms in total. The van der Waals surface area contributed by atoms with Crippen molar-refractivity contribution in [2.24, 2.45) is 0 Å². The third kappa shape index (κ3) is 2.43. The first-order chi connectivity index (χ1) is 6.16. The highest BCUT2D eigenvalue weighted by molar-refractivity contribution is 14.1. The molecule has 1 atom stereocenters. The Balaban J connectivity index is 3.11. The lowest BCUT2D eigenvalue weighted by Gasteiger charge is -2.09. The number of benzene rings is 1. The highest BCUT2D eigenvalue weighted by Crippen LogP contribution is 2.29. The van der Waals surface area contributed by atoms with Crippen molar-refractivity contribution in [1.82, 2.24) is 0 Å². The van der Waals surface area contributed by atoms with Gasteiger partial charge < -0.3 is 5.11 Å². The molecule has 1 unspecified atom stereocenters. The van der Waals surface area contributed by atoms with Crippen LogP contribution >= 0.6 is 22.6 Å². The van der Waals surface area contributed by atoms with E-state index in [1.54, 1.807) is 12.1 Å². The normalized spacial score (nSPS) is 12.5. The molecule has 0 aliphatic heterocycles. The molecule has 13 heavy (non-hydrogen) atoms. The molecule has 1 N–H and O–H groups in total. The number of carboxylic acids is 1. The van der Waals surface area contributed by atoms with Crippen LogP contribution in [0.3, 0.4) is 0 Å². The lowest BCUT2D eigenvalue weighted by molar-refractivity contribution is 0.0695. The van der Waals surface area contributed by atoms with Gasteiger partial charge in [-0.25, -0.2) is 4.79 Å². The standard InChI is InChI=1S/C10H11IO2/c1-2-9(11)7-5-3-4-6-8(7)10(12)13/h3-6,9H,2H2,1H3,(H,12,13). The summed E-state index contributed by atoms with van der Waals surface area (Å²) in [4.78, 5) is 10.8. The Bertz CT molecular complexity index is 310. The number of carboxylic acid groups (broad SMARTS) is 1. The van der Waals surface area contributed by atoms with Crippen LogP contribution < -0.4 is 0 Å². The van der Waals surface area contributed by atoms with E-state index in [1.807, 2.05) is 12.1 Å². The largest absolute Gasteiger partial charge is 0.478 e. The van der Waals surface area contributed by atoms with E-state index < -0.39 is 5.97 Å². The third-order valence-electron chi connectivity index (χ3n) is 1.89. The summed E-state index contributed by atoms with van der Waals surface area (Å²) >= 11 is 2.27. The van der Waals surface area contributed by atoms with E-state index in [1.165, 1.54) is 0 Å². The van der Waals surface area contributed by atoms with Crippen LogP contribution in [0.5, 0.6) is 0 Å². The zero-order valence-corrected chi connectivity index (χ0v) is 9.48.